The number of aromatic nitrogens is 2. The number of rotatable bonds is 4. The lowest BCUT2D eigenvalue weighted by Crippen LogP contribution is -2.48. The van der Waals surface area contributed by atoms with Crippen LogP contribution in [0.2, 0.25) is 10.0 Å². The molecule has 0 radical (unpaired) electrons. The van der Waals surface area contributed by atoms with Crippen molar-refractivity contribution in [3.05, 3.63) is 75.7 Å². The van der Waals surface area contributed by atoms with E-state index in [0.29, 0.717) is 59.7 Å². The average molecular weight is 433 g/mol. The summed E-state index contributed by atoms with van der Waals surface area (Å²) in [6, 6.07) is 13.7. The fourth-order valence-electron chi connectivity index (χ4n) is 3.39. The SMILES string of the molecule is O=C(c1cc(-c2ccc(Cl)cc2)n[nH]1)N1CCN(Cc2c(F)cccc2Cl)CC1. The number of carbonyl (C=O) groups is 1. The molecule has 29 heavy (non-hydrogen) atoms. The summed E-state index contributed by atoms with van der Waals surface area (Å²) in [6.07, 6.45) is 0. The highest BCUT2D eigenvalue weighted by Gasteiger charge is 2.24. The van der Waals surface area contributed by atoms with E-state index in [9.17, 15) is 9.18 Å². The number of nitrogens with zero attached hydrogens (tertiary/aromatic N) is 3. The maximum atomic E-state index is 14.0. The first-order valence-corrected chi connectivity index (χ1v) is 10.0. The molecule has 5 nitrogen and oxygen atoms in total. The molecule has 1 amide bonds. The number of piperazine rings is 1. The minimum atomic E-state index is -0.303. The molecule has 0 spiro atoms. The van der Waals surface area contributed by atoms with Crippen LogP contribution in [0.15, 0.2) is 48.5 Å². The van der Waals surface area contributed by atoms with Gasteiger partial charge < -0.3 is 4.90 Å². The Morgan fingerprint density at radius 2 is 1.79 bits per heavy atom. The van der Waals surface area contributed by atoms with E-state index in [4.69, 9.17) is 23.2 Å². The quantitative estimate of drug-likeness (QED) is 0.660. The van der Waals surface area contributed by atoms with Crippen LogP contribution in [0, 0.1) is 5.82 Å². The first-order valence-electron chi connectivity index (χ1n) is 9.27. The molecule has 1 N–H and O–H groups in total. The highest BCUT2D eigenvalue weighted by Crippen LogP contribution is 2.23. The van der Waals surface area contributed by atoms with Crippen molar-refractivity contribution < 1.29 is 9.18 Å². The van der Waals surface area contributed by atoms with E-state index in [0.717, 1.165) is 5.56 Å². The van der Waals surface area contributed by atoms with Crippen LogP contribution >= 0.6 is 23.2 Å². The minimum absolute atomic E-state index is 0.0960. The van der Waals surface area contributed by atoms with E-state index >= 15 is 0 Å². The second-order valence-corrected chi connectivity index (χ2v) is 7.79. The van der Waals surface area contributed by atoms with Crippen molar-refractivity contribution in [2.24, 2.45) is 0 Å². The minimum Gasteiger partial charge on any atom is -0.335 e. The van der Waals surface area contributed by atoms with Crippen LogP contribution < -0.4 is 0 Å². The van der Waals surface area contributed by atoms with Gasteiger partial charge in [0, 0.05) is 53.9 Å². The second-order valence-electron chi connectivity index (χ2n) is 6.94. The molecule has 1 fully saturated rings. The van der Waals surface area contributed by atoms with Gasteiger partial charge in [-0.15, -0.1) is 0 Å². The first-order chi connectivity index (χ1) is 14.0. The summed E-state index contributed by atoms with van der Waals surface area (Å²) < 4.78 is 14.0. The predicted molar refractivity (Wildman–Crippen MR) is 112 cm³/mol. The topological polar surface area (TPSA) is 52.2 Å². The molecule has 150 valence electrons. The lowest BCUT2D eigenvalue weighted by molar-refractivity contribution is 0.0621. The van der Waals surface area contributed by atoms with Gasteiger partial charge in [-0.25, -0.2) is 4.39 Å². The highest BCUT2D eigenvalue weighted by molar-refractivity contribution is 6.31. The Morgan fingerprint density at radius 1 is 1.07 bits per heavy atom. The molecular weight excluding hydrogens is 414 g/mol. The van der Waals surface area contributed by atoms with Gasteiger partial charge in [-0.05, 0) is 30.3 Å². The van der Waals surface area contributed by atoms with E-state index in [1.165, 1.54) is 6.07 Å². The van der Waals surface area contributed by atoms with E-state index in [1.54, 1.807) is 35.2 Å². The number of hydrogen-bond acceptors (Lipinski definition) is 3. The lowest BCUT2D eigenvalue weighted by atomic mass is 10.1. The maximum absolute atomic E-state index is 14.0. The van der Waals surface area contributed by atoms with E-state index in [-0.39, 0.29) is 11.7 Å². The number of benzene rings is 2. The third-order valence-corrected chi connectivity index (χ3v) is 5.66. The Hall–Kier alpha value is -2.41. The van der Waals surface area contributed by atoms with Crippen LogP contribution in [0.1, 0.15) is 16.1 Å². The molecule has 0 saturated carbocycles. The lowest BCUT2D eigenvalue weighted by Gasteiger charge is -2.34. The van der Waals surface area contributed by atoms with Crippen LogP contribution in [-0.2, 0) is 6.54 Å². The number of hydrogen-bond donors (Lipinski definition) is 1. The normalized spacial score (nSPS) is 14.9. The smallest absolute Gasteiger partial charge is 0.271 e. The number of halogens is 3. The fraction of sp³-hybridized carbons (Fsp3) is 0.238. The molecular formula is C21H19Cl2FN4O. The van der Waals surface area contributed by atoms with E-state index in [1.807, 2.05) is 12.1 Å². The van der Waals surface area contributed by atoms with Gasteiger partial charge in [-0.3, -0.25) is 14.8 Å². The van der Waals surface area contributed by atoms with Crippen molar-refractivity contribution in [1.29, 1.82) is 0 Å². The zero-order valence-corrected chi connectivity index (χ0v) is 17.0. The summed E-state index contributed by atoms with van der Waals surface area (Å²) in [4.78, 5) is 16.7. The van der Waals surface area contributed by atoms with Crippen molar-refractivity contribution in [1.82, 2.24) is 20.0 Å². The van der Waals surface area contributed by atoms with Gasteiger partial charge in [0.05, 0.1) is 5.69 Å². The molecule has 2 heterocycles. The van der Waals surface area contributed by atoms with Crippen LogP contribution in [-0.4, -0.2) is 52.1 Å². The third-order valence-electron chi connectivity index (χ3n) is 5.05. The number of aromatic amines is 1. The van der Waals surface area contributed by atoms with Crippen molar-refractivity contribution in [2.75, 3.05) is 26.2 Å². The van der Waals surface area contributed by atoms with Crippen molar-refractivity contribution in [3.63, 3.8) is 0 Å². The molecule has 1 aliphatic heterocycles. The molecule has 1 aliphatic rings. The Morgan fingerprint density at radius 3 is 2.48 bits per heavy atom. The van der Waals surface area contributed by atoms with Crippen LogP contribution in [0.25, 0.3) is 11.3 Å². The predicted octanol–water partition coefficient (Wildman–Crippen LogP) is 4.48. The molecule has 0 unspecified atom stereocenters. The standard InChI is InChI=1S/C21H19Cl2FN4O/c22-15-6-4-14(5-7-15)19-12-20(26-25-19)21(29)28-10-8-27(9-11-28)13-16-17(23)2-1-3-18(16)24/h1-7,12H,8-11,13H2,(H,25,26). The molecule has 3 aromatic rings. The van der Waals surface area contributed by atoms with E-state index < -0.39 is 0 Å². The van der Waals surface area contributed by atoms with Crippen LogP contribution in [0.3, 0.4) is 0 Å². The molecule has 0 bridgehead atoms. The van der Waals surface area contributed by atoms with Gasteiger partial charge in [0.25, 0.3) is 5.91 Å². The maximum Gasteiger partial charge on any atom is 0.271 e. The second kappa shape index (κ2) is 8.53. The van der Waals surface area contributed by atoms with Gasteiger partial charge in [-0.1, -0.05) is 41.4 Å². The van der Waals surface area contributed by atoms with Crippen molar-refractivity contribution >= 4 is 29.1 Å². The van der Waals surface area contributed by atoms with Crippen LogP contribution in [0.5, 0.6) is 0 Å². The van der Waals surface area contributed by atoms with E-state index in [2.05, 4.69) is 15.1 Å². The summed E-state index contributed by atoms with van der Waals surface area (Å²) in [7, 11) is 0. The highest BCUT2D eigenvalue weighted by atomic mass is 35.5. The summed E-state index contributed by atoms with van der Waals surface area (Å²) in [5, 5.41) is 8.14. The summed E-state index contributed by atoms with van der Waals surface area (Å²) >= 11 is 12.0. The number of amides is 1. The van der Waals surface area contributed by atoms with Crippen molar-refractivity contribution in [2.45, 2.75) is 6.54 Å². The van der Waals surface area contributed by atoms with Gasteiger partial charge in [0.15, 0.2) is 0 Å². The molecule has 2 aromatic carbocycles. The molecule has 0 atom stereocenters. The Kier molecular flexibility index (Phi) is 5.85. The van der Waals surface area contributed by atoms with Gasteiger partial charge in [-0.2, -0.15) is 5.10 Å². The molecule has 1 aromatic heterocycles. The Balaban J connectivity index is 1.37. The number of nitrogens with one attached hydrogen (secondary N) is 1. The van der Waals surface area contributed by atoms with Gasteiger partial charge in [0.1, 0.15) is 11.5 Å². The zero-order chi connectivity index (χ0) is 20.4. The van der Waals surface area contributed by atoms with Gasteiger partial charge >= 0.3 is 0 Å². The Labute approximate surface area is 178 Å². The van der Waals surface area contributed by atoms with Gasteiger partial charge in [0.2, 0.25) is 0 Å². The fourth-order valence-corrected chi connectivity index (χ4v) is 3.73. The number of H-pyrrole nitrogens is 1. The molecule has 1 saturated heterocycles. The summed E-state index contributed by atoms with van der Waals surface area (Å²) in [5.41, 5.74) is 2.52. The third kappa shape index (κ3) is 4.45. The summed E-state index contributed by atoms with van der Waals surface area (Å²) in [6.45, 7) is 2.84. The Bertz CT molecular complexity index is 994. The zero-order valence-electron chi connectivity index (χ0n) is 15.5. The van der Waals surface area contributed by atoms with Crippen LogP contribution in [0.4, 0.5) is 4.39 Å². The largest absolute Gasteiger partial charge is 0.335 e. The molecule has 4 rings (SSSR count). The monoisotopic (exact) mass is 432 g/mol. The molecule has 0 aliphatic carbocycles. The number of carbonyl (C=O) groups excluding carboxylic acids is 1. The average Bonchev–Trinajstić information content (AvgIpc) is 3.21. The van der Waals surface area contributed by atoms with Crippen molar-refractivity contribution in [3.8, 4) is 11.3 Å². The molecule has 8 heteroatoms. The first kappa shape index (κ1) is 19.9. The summed E-state index contributed by atoms with van der Waals surface area (Å²) in [5.74, 6) is -0.399.